The minimum atomic E-state index is -0.203. The first-order chi connectivity index (χ1) is 15.1. The number of benzene rings is 2. The molecule has 0 atom stereocenters. The van der Waals surface area contributed by atoms with Gasteiger partial charge in [0, 0.05) is 31.1 Å². The first-order valence-corrected chi connectivity index (χ1v) is 10.4. The van der Waals surface area contributed by atoms with Gasteiger partial charge >= 0.3 is 0 Å². The SMILES string of the molecule is COc1ccc(CN2CCC(NC(=O)c3cc4ccc(OC)c(OC)c4o3)CC2)cc1. The number of nitrogens with zero attached hydrogens (tertiary/aromatic N) is 1. The van der Waals surface area contributed by atoms with E-state index in [9.17, 15) is 4.79 Å². The molecule has 0 spiro atoms. The maximum atomic E-state index is 12.8. The Labute approximate surface area is 181 Å². The van der Waals surface area contributed by atoms with E-state index in [4.69, 9.17) is 18.6 Å². The Bertz CT molecular complexity index is 1040. The van der Waals surface area contributed by atoms with Crippen LogP contribution in [-0.2, 0) is 6.54 Å². The van der Waals surface area contributed by atoms with E-state index in [-0.39, 0.29) is 17.7 Å². The molecule has 2 heterocycles. The van der Waals surface area contributed by atoms with Gasteiger partial charge in [-0.05, 0) is 48.7 Å². The third-order valence-electron chi connectivity index (χ3n) is 5.74. The summed E-state index contributed by atoms with van der Waals surface area (Å²) in [5.41, 5.74) is 1.77. The zero-order valence-corrected chi connectivity index (χ0v) is 18.1. The fraction of sp³-hybridized carbons (Fsp3) is 0.375. The van der Waals surface area contributed by atoms with Crippen molar-refractivity contribution in [2.24, 2.45) is 0 Å². The quantitative estimate of drug-likeness (QED) is 0.621. The third kappa shape index (κ3) is 4.61. The summed E-state index contributed by atoms with van der Waals surface area (Å²) in [5, 5.41) is 3.92. The van der Waals surface area contributed by atoms with E-state index in [1.807, 2.05) is 18.2 Å². The molecule has 3 aromatic rings. The number of hydrogen-bond acceptors (Lipinski definition) is 6. The lowest BCUT2D eigenvalue weighted by molar-refractivity contribution is 0.0883. The summed E-state index contributed by atoms with van der Waals surface area (Å²) in [6.45, 7) is 2.76. The molecule has 4 rings (SSSR count). The van der Waals surface area contributed by atoms with E-state index < -0.39 is 0 Å². The average Bonchev–Trinajstić information content (AvgIpc) is 3.25. The fourth-order valence-corrected chi connectivity index (χ4v) is 4.01. The Kier molecular flexibility index (Phi) is 6.32. The van der Waals surface area contributed by atoms with Gasteiger partial charge < -0.3 is 23.9 Å². The van der Waals surface area contributed by atoms with Crippen LogP contribution in [-0.4, -0.2) is 51.3 Å². The molecule has 2 aromatic carbocycles. The molecule has 164 valence electrons. The molecule has 1 saturated heterocycles. The van der Waals surface area contributed by atoms with Gasteiger partial charge in [0.1, 0.15) is 5.75 Å². The van der Waals surface area contributed by atoms with Gasteiger partial charge in [-0.15, -0.1) is 0 Å². The molecule has 31 heavy (non-hydrogen) atoms. The smallest absolute Gasteiger partial charge is 0.287 e. The van der Waals surface area contributed by atoms with E-state index in [0.717, 1.165) is 43.6 Å². The van der Waals surface area contributed by atoms with Gasteiger partial charge in [0.2, 0.25) is 5.75 Å². The Balaban J connectivity index is 1.34. The van der Waals surface area contributed by atoms with Crippen LogP contribution in [0, 0.1) is 0 Å². The molecular formula is C24H28N2O5. The van der Waals surface area contributed by atoms with Crippen molar-refractivity contribution in [2.75, 3.05) is 34.4 Å². The molecule has 7 heteroatoms. The van der Waals surface area contributed by atoms with Crippen molar-refractivity contribution in [3.05, 3.63) is 53.8 Å². The predicted molar refractivity (Wildman–Crippen MR) is 118 cm³/mol. The number of hydrogen-bond donors (Lipinski definition) is 1. The molecule has 0 radical (unpaired) electrons. The molecule has 0 saturated carbocycles. The number of piperidine rings is 1. The number of amides is 1. The molecule has 1 aliphatic heterocycles. The summed E-state index contributed by atoms with van der Waals surface area (Å²) in [5.74, 6) is 2.01. The van der Waals surface area contributed by atoms with Crippen LogP contribution >= 0.6 is 0 Å². The van der Waals surface area contributed by atoms with Crippen LogP contribution in [0.2, 0.25) is 0 Å². The Morgan fingerprint density at radius 3 is 2.42 bits per heavy atom. The minimum Gasteiger partial charge on any atom is -0.497 e. The largest absolute Gasteiger partial charge is 0.497 e. The number of carbonyl (C=O) groups excluding carboxylic acids is 1. The highest BCUT2D eigenvalue weighted by molar-refractivity contribution is 5.98. The molecule has 1 N–H and O–H groups in total. The standard InChI is InChI=1S/C24H28N2O5/c1-28-19-7-4-16(5-8-19)15-26-12-10-18(11-13-26)25-24(27)21-14-17-6-9-20(29-2)23(30-3)22(17)31-21/h4-9,14,18H,10-13,15H2,1-3H3,(H,25,27). The van der Waals surface area contributed by atoms with Gasteiger partial charge in [0.15, 0.2) is 17.1 Å². The minimum absolute atomic E-state index is 0.129. The maximum Gasteiger partial charge on any atom is 0.287 e. The number of fused-ring (bicyclic) bond motifs is 1. The maximum absolute atomic E-state index is 12.8. The third-order valence-corrected chi connectivity index (χ3v) is 5.74. The second-order valence-electron chi connectivity index (χ2n) is 7.70. The number of nitrogens with one attached hydrogen (secondary N) is 1. The summed E-state index contributed by atoms with van der Waals surface area (Å²) in [4.78, 5) is 15.2. The topological polar surface area (TPSA) is 73.2 Å². The first kappa shape index (κ1) is 21.1. The number of furan rings is 1. The Morgan fingerprint density at radius 1 is 1.03 bits per heavy atom. The lowest BCUT2D eigenvalue weighted by Crippen LogP contribution is -2.44. The summed E-state index contributed by atoms with van der Waals surface area (Å²) >= 11 is 0. The summed E-state index contributed by atoms with van der Waals surface area (Å²) in [6, 6.07) is 13.7. The van der Waals surface area contributed by atoms with Crippen molar-refractivity contribution >= 4 is 16.9 Å². The van der Waals surface area contributed by atoms with Crippen LogP contribution in [0.1, 0.15) is 29.0 Å². The number of likely N-dealkylation sites (tertiary alicyclic amines) is 1. The molecule has 1 aromatic heterocycles. The molecule has 0 unspecified atom stereocenters. The lowest BCUT2D eigenvalue weighted by atomic mass is 10.0. The van der Waals surface area contributed by atoms with E-state index >= 15 is 0 Å². The predicted octanol–water partition coefficient (Wildman–Crippen LogP) is 3.85. The van der Waals surface area contributed by atoms with E-state index in [1.54, 1.807) is 33.5 Å². The zero-order chi connectivity index (χ0) is 21.8. The molecule has 0 bridgehead atoms. The second kappa shape index (κ2) is 9.31. The Morgan fingerprint density at radius 2 is 1.77 bits per heavy atom. The molecule has 1 amide bonds. The summed E-state index contributed by atoms with van der Waals surface area (Å²) in [6.07, 6.45) is 1.80. The number of ether oxygens (including phenoxy) is 3. The van der Waals surface area contributed by atoms with Crippen LogP contribution in [0.3, 0.4) is 0 Å². The van der Waals surface area contributed by atoms with Crippen LogP contribution < -0.4 is 19.5 Å². The van der Waals surface area contributed by atoms with E-state index in [0.29, 0.717) is 17.1 Å². The van der Waals surface area contributed by atoms with Crippen molar-refractivity contribution in [3.63, 3.8) is 0 Å². The second-order valence-corrected chi connectivity index (χ2v) is 7.70. The Hall–Kier alpha value is -3.19. The molecule has 7 nitrogen and oxygen atoms in total. The molecule has 0 aliphatic carbocycles. The van der Waals surface area contributed by atoms with Gasteiger partial charge in [-0.3, -0.25) is 9.69 Å². The van der Waals surface area contributed by atoms with Gasteiger partial charge in [-0.1, -0.05) is 12.1 Å². The van der Waals surface area contributed by atoms with Crippen LogP contribution in [0.5, 0.6) is 17.2 Å². The van der Waals surface area contributed by atoms with Crippen LogP contribution in [0.4, 0.5) is 0 Å². The molecular weight excluding hydrogens is 396 g/mol. The highest BCUT2D eigenvalue weighted by atomic mass is 16.5. The highest BCUT2D eigenvalue weighted by Crippen LogP contribution is 2.37. The van der Waals surface area contributed by atoms with Crippen LogP contribution in [0.15, 0.2) is 46.9 Å². The average molecular weight is 424 g/mol. The fourth-order valence-electron chi connectivity index (χ4n) is 4.01. The molecule has 1 fully saturated rings. The van der Waals surface area contributed by atoms with Crippen molar-refractivity contribution in [1.82, 2.24) is 10.2 Å². The monoisotopic (exact) mass is 424 g/mol. The van der Waals surface area contributed by atoms with Crippen molar-refractivity contribution in [2.45, 2.75) is 25.4 Å². The normalized spacial score (nSPS) is 15.1. The van der Waals surface area contributed by atoms with Crippen molar-refractivity contribution in [1.29, 1.82) is 0 Å². The number of rotatable bonds is 7. The lowest BCUT2D eigenvalue weighted by Gasteiger charge is -2.32. The summed E-state index contributed by atoms with van der Waals surface area (Å²) < 4.78 is 21.7. The highest BCUT2D eigenvalue weighted by Gasteiger charge is 2.24. The van der Waals surface area contributed by atoms with Gasteiger partial charge in [-0.25, -0.2) is 0 Å². The summed E-state index contributed by atoms with van der Waals surface area (Å²) in [7, 11) is 4.80. The first-order valence-electron chi connectivity index (χ1n) is 10.4. The molecule has 1 aliphatic rings. The van der Waals surface area contributed by atoms with Gasteiger partial charge in [0.25, 0.3) is 5.91 Å². The number of carbonyl (C=O) groups is 1. The van der Waals surface area contributed by atoms with E-state index in [1.165, 1.54) is 5.56 Å². The van der Waals surface area contributed by atoms with Crippen molar-refractivity contribution in [3.8, 4) is 17.2 Å². The van der Waals surface area contributed by atoms with Gasteiger partial charge in [0.05, 0.1) is 21.3 Å². The van der Waals surface area contributed by atoms with Gasteiger partial charge in [-0.2, -0.15) is 0 Å². The van der Waals surface area contributed by atoms with E-state index in [2.05, 4.69) is 22.3 Å². The van der Waals surface area contributed by atoms with Crippen LogP contribution in [0.25, 0.3) is 11.0 Å². The number of methoxy groups -OCH3 is 3. The van der Waals surface area contributed by atoms with Crippen molar-refractivity contribution < 1.29 is 23.4 Å². The zero-order valence-electron chi connectivity index (χ0n) is 18.1.